The third kappa shape index (κ3) is 2.08. The number of pyridine rings is 1. The molecule has 2 aromatic heterocycles. The van der Waals surface area contributed by atoms with Crippen molar-refractivity contribution in [2.75, 3.05) is 0 Å². The van der Waals surface area contributed by atoms with E-state index in [1.807, 2.05) is 22.6 Å². The van der Waals surface area contributed by atoms with Crippen LogP contribution >= 0.6 is 44.9 Å². The van der Waals surface area contributed by atoms with Gasteiger partial charge in [-0.1, -0.05) is 11.6 Å². The second-order valence-electron chi connectivity index (χ2n) is 2.74. The van der Waals surface area contributed by atoms with Gasteiger partial charge in [0, 0.05) is 10.7 Å². The van der Waals surface area contributed by atoms with Gasteiger partial charge in [-0.15, -0.1) is 0 Å². The van der Waals surface area contributed by atoms with Crippen molar-refractivity contribution >= 4 is 59.4 Å². The predicted molar refractivity (Wildman–Crippen MR) is 66.0 cm³/mol. The average molecular weight is 377 g/mol. The van der Waals surface area contributed by atoms with Crippen LogP contribution in [0.15, 0.2) is 23.2 Å². The van der Waals surface area contributed by atoms with Gasteiger partial charge in [-0.05, 0) is 34.7 Å². The average Bonchev–Trinajstić information content (AvgIpc) is 2.47. The summed E-state index contributed by atoms with van der Waals surface area (Å²) in [5.41, 5.74) is 0.613. The van der Waals surface area contributed by atoms with Crippen LogP contribution < -0.4 is 0 Å². The molecule has 0 amide bonds. The Morgan fingerprint density at radius 1 is 1.40 bits per heavy atom. The van der Waals surface area contributed by atoms with E-state index in [0.717, 1.165) is 3.57 Å². The van der Waals surface area contributed by atoms with E-state index in [1.165, 1.54) is 16.6 Å². The molecule has 0 saturated heterocycles. The first kappa shape index (κ1) is 11.4. The van der Waals surface area contributed by atoms with Crippen molar-refractivity contribution in [3.63, 3.8) is 0 Å². The summed E-state index contributed by atoms with van der Waals surface area (Å²) in [5.74, 6) is 0. The smallest absolute Gasteiger partial charge is 0.221 e. The minimum Gasteiger partial charge on any atom is -0.221 e. The van der Waals surface area contributed by atoms with Gasteiger partial charge < -0.3 is 0 Å². The second-order valence-corrected chi connectivity index (χ2v) is 6.86. The molecule has 0 fully saturated rings. The maximum atomic E-state index is 11.1. The molecular formula is C7H3Cl2IN2O2S. The zero-order valence-electron chi connectivity index (χ0n) is 6.99. The molecule has 0 saturated carbocycles. The lowest BCUT2D eigenvalue weighted by Crippen LogP contribution is -1.96. The SMILES string of the molecule is O=S(=O)(Cl)c1cc(Cl)n2ncc(I)c2c1. The van der Waals surface area contributed by atoms with E-state index in [-0.39, 0.29) is 10.0 Å². The van der Waals surface area contributed by atoms with Gasteiger partial charge in [0.25, 0.3) is 9.05 Å². The fraction of sp³-hybridized carbons (Fsp3) is 0. The highest BCUT2D eigenvalue weighted by atomic mass is 127. The van der Waals surface area contributed by atoms with E-state index >= 15 is 0 Å². The third-order valence-corrected chi connectivity index (χ3v) is 4.22. The lowest BCUT2D eigenvalue weighted by Gasteiger charge is -2.00. The van der Waals surface area contributed by atoms with E-state index in [1.54, 1.807) is 6.20 Å². The summed E-state index contributed by atoms with van der Waals surface area (Å²) in [4.78, 5) is -0.0277. The molecule has 0 aromatic carbocycles. The summed E-state index contributed by atoms with van der Waals surface area (Å²) in [6, 6.07) is 2.70. The van der Waals surface area contributed by atoms with E-state index < -0.39 is 9.05 Å². The molecule has 0 atom stereocenters. The molecular weight excluding hydrogens is 374 g/mol. The van der Waals surface area contributed by atoms with Gasteiger partial charge in [0.15, 0.2) is 0 Å². The van der Waals surface area contributed by atoms with Crippen molar-refractivity contribution in [1.29, 1.82) is 0 Å². The Balaban J connectivity index is 2.88. The Morgan fingerprint density at radius 2 is 2.07 bits per heavy atom. The highest BCUT2D eigenvalue weighted by Crippen LogP contribution is 2.24. The molecule has 0 aliphatic carbocycles. The van der Waals surface area contributed by atoms with Crippen molar-refractivity contribution in [2.45, 2.75) is 4.90 Å². The second kappa shape index (κ2) is 3.76. The number of hydrogen-bond acceptors (Lipinski definition) is 3. The number of aromatic nitrogens is 2. The molecule has 15 heavy (non-hydrogen) atoms. The first-order valence-electron chi connectivity index (χ1n) is 3.67. The zero-order chi connectivity index (χ0) is 11.2. The summed E-state index contributed by atoms with van der Waals surface area (Å²) in [6.07, 6.45) is 1.59. The highest BCUT2D eigenvalue weighted by Gasteiger charge is 2.14. The van der Waals surface area contributed by atoms with E-state index in [4.69, 9.17) is 22.3 Å². The molecule has 0 N–H and O–H groups in total. The fourth-order valence-electron chi connectivity index (χ4n) is 1.13. The van der Waals surface area contributed by atoms with Gasteiger partial charge in [0.1, 0.15) is 5.15 Å². The summed E-state index contributed by atoms with van der Waals surface area (Å²) < 4.78 is 24.5. The molecule has 8 heteroatoms. The van der Waals surface area contributed by atoms with Crippen LogP contribution in [0, 0.1) is 3.57 Å². The topological polar surface area (TPSA) is 51.4 Å². The number of nitrogens with zero attached hydrogens (tertiary/aromatic N) is 2. The van der Waals surface area contributed by atoms with E-state index in [2.05, 4.69) is 5.10 Å². The quantitative estimate of drug-likeness (QED) is 0.436. The number of hydrogen-bond donors (Lipinski definition) is 0. The van der Waals surface area contributed by atoms with Gasteiger partial charge in [-0.25, -0.2) is 12.9 Å². The van der Waals surface area contributed by atoms with Gasteiger partial charge in [-0.2, -0.15) is 5.10 Å². The maximum Gasteiger partial charge on any atom is 0.261 e. The van der Waals surface area contributed by atoms with Crippen LogP contribution in [0.3, 0.4) is 0 Å². The van der Waals surface area contributed by atoms with Gasteiger partial charge in [-0.3, -0.25) is 0 Å². The summed E-state index contributed by atoms with van der Waals surface area (Å²) in [6.45, 7) is 0. The Bertz CT molecular complexity index is 638. The molecule has 0 bridgehead atoms. The summed E-state index contributed by atoms with van der Waals surface area (Å²) in [5, 5.41) is 4.18. The minimum atomic E-state index is -3.77. The molecule has 2 rings (SSSR count). The van der Waals surface area contributed by atoms with Crippen molar-refractivity contribution in [3.8, 4) is 0 Å². The van der Waals surface area contributed by atoms with Crippen LogP contribution in [-0.2, 0) is 9.05 Å². The van der Waals surface area contributed by atoms with E-state index in [9.17, 15) is 8.42 Å². The minimum absolute atomic E-state index is 0.0277. The van der Waals surface area contributed by atoms with Crippen LogP contribution in [0.2, 0.25) is 5.15 Å². The Kier molecular flexibility index (Phi) is 2.87. The third-order valence-electron chi connectivity index (χ3n) is 1.78. The van der Waals surface area contributed by atoms with Crippen LogP contribution in [0.5, 0.6) is 0 Å². The largest absolute Gasteiger partial charge is 0.261 e. The maximum absolute atomic E-state index is 11.1. The zero-order valence-corrected chi connectivity index (χ0v) is 11.5. The molecule has 80 valence electrons. The Morgan fingerprint density at radius 3 is 2.67 bits per heavy atom. The Hall–Kier alpha value is -0.0500. The lowest BCUT2D eigenvalue weighted by atomic mass is 10.4. The summed E-state index contributed by atoms with van der Waals surface area (Å²) >= 11 is 7.89. The van der Waals surface area contributed by atoms with Gasteiger partial charge in [0.05, 0.1) is 20.2 Å². The lowest BCUT2D eigenvalue weighted by molar-refractivity contribution is 0.609. The van der Waals surface area contributed by atoms with Crippen molar-refractivity contribution in [2.24, 2.45) is 0 Å². The molecule has 0 unspecified atom stereocenters. The standard InChI is InChI=1S/C7H3Cl2IN2O2S/c8-7-2-4(15(9,13)14)1-6-5(10)3-11-12(6)7/h1-3H. The molecule has 0 aliphatic rings. The first-order chi connectivity index (χ1) is 6.89. The van der Waals surface area contributed by atoms with Crippen molar-refractivity contribution < 1.29 is 8.42 Å². The molecule has 0 radical (unpaired) electrons. The van der Waals surface area contributed by atoms with Crippen LogP contribution in [-0.4, -0.2) is 18.0 Å². The van der Waals surface area contributed by atoms with E-state index in [0.29, 0.717) is 5.52 Å². The van der Waals surface area contributed by atoms with Gasteiger partial charge in [0.2, 0.25) is 0 Å². The first-order valence-corrected chi connectivity index (χ1v) is 7.43. The van der Waals surface area contributed by atoms with Crippen molar-refractivity contribution in [3.05, 3.63) is 27.1 Å². The van der Waals surface area contributed by atoms with Gasteiger partial charge >= 0.3 is 0 Å². The molecule has 2 aromatic rings. The highest BCUT2D eigenvalue weighted by molar-refractivity contribution is 14.1. The van der Waals surface area contributed by atoms with Crippen LogP contribution in [0.4, 0.5) is 0 Å². The van der Waals surface area contributed by atoms with Crippen LogP contribution in [0.1, 0.15) is 0 Å². The molecule has 2 heterocycles. The number of halogens is 3. The molecule has 0 aliphatic heterocycles. The normalized spacial score (nSPS) is 12.2. The monoisotopic (exact) mass is 376 g/mol. The fourth-order valence-corrected chi connectivity index (χ4v) is 2.73. The molecule has 0 spiro atoms. The summed E-state index contributed by atoms with van der Waals surface area (Å²) in [7, 11) is 1.46. The van der Waals surface area contributed by atoms with Crippen LogP contribution in [0.25, 0.3) is 5.52 Å². The van der Waals surface area contributed by atoms with Crippen molar-refractivity contribution in [1.82, 2.24) is 9.61 Å². The Labute approximate surface area is 109 Å². The molecule has 4 nitrogen and oxygen atoms in total. The predicted octanol–water partition coefficient (Wildman–Crippen LogP) is 2.52. The number of rotatable bonds is 1. The number of fused-ring (bicyclic) bond motifs is 1.